The first-order valence-corrected chi connectivity index (χ1v) is 11.6. The zero-order valence-electron chi connectivity index (χ0n) is 20.0. The van der Waals surface area contributed by atoms with Gasteiger partial charge in [-0.25, -0.2) is 4.79 Å². The summed E-state index contributed by atoms with van der Waals surface area (Å²) >= 11 is 0. The first kappa shape index (κ1) is 24.8. The van der Waals surface area contributed by atoms with Crippen molar-refractivity contribution in [1.29, 1.82) is 0 Å². The van der Waals surface area contributed by atoms with Gasteiger partial charge in [-0.05, 0) is 48.6 Å². The number of aryl methyl sites for hydroxylation is 1. The summed E-state index contributed by atoms with van der Waals surface area (Å²) in [5.74, 6) is 0.830. The molecule has 1 amide bonds. The van der Waals surface area contributed by atoms with Crippen molar-refractivity contribution in [2.45, 2.75) is 43.3 Å². The summed E-state index contributed by atoms with van der Waals surface area (Å²) < 4.78 is 22.0. The molecule has 0 aliphatic heterocycles. The minimum Gasteiger partial charge on any atom is -0.493 e. The standard InChI is InChI=1S/C27H31NO7/c1-32-18-35-24-22(33-2)9-8-20-10-12-27(31)13-11-21(29)16-26(27,23(20)24)14-15-28-25(30)34-17-19-6-4-3-5-7-19/h3-9,11,13,31H,10,12,14-18H2,1-2H3,(H,28,30)/t26-,27+/m1/s1. The van der Waals surface area contributed by atoms with Gasteiger partial charge in [0, 0.05) is 31.1 Å². The average Bonchev–Trinajstić information content (AvgIpc) is 2.87. The van der Waals surface area contributed by atoms with E-state index >= 15 is 0 Å². The summed E-state index contributed by atoms with van der Waals surface area (Å²) in [6.45, 7) is 0.324. The van der Waals surface area contributed by atoms with Crippen molar-refractivity contribution in [3.05, 3.63) is 71.3 Å². The molecular formula is C27H31NO7. The number of fused-ring (bicyclic) bond motifs is 3. The monoisotopic (exact) mass is 481 g/mol. The molecule has 4 rings (SSSR count). The molecule has 2 aromatic rings. The van der Waals surface area contributed by atoms with Crippen molar-refractivity contribution in [2.24, 2.45) is 0 Å². The third kappa shape index (κ3) is 4.90. The van der Waals surface area contributed by atoms with Crippen molar-refractivity contribution in [1.82, 2.24) is 5.32 Å². The Kier molecular flexibility index (Phi) is 7.42. The van der Waals surface area contributed by atoms with Gasteiger partial charge in [0.05, 0.1) is 12.7 Å². The number of ketones is 1. The highest BCUT2D eigenvalue weighted by Gasteiger charge is 2.57. The van der Waals surface area contributed by atoms with Crippen molar-refractivity contribution < 1.29 is 33.6 Å². The number of carbonyl (C=O) groups is 2. The van der Waals surface area contributed by atoms with E-state index in [0.717, 1.165) is 16.7 Å². The fourth-order valence-corrected chi connectivity index (χ4v) is 5.19. The lowest BCUT2D eigenvalue weighted by Gasteiger charge is -2.52. The second kappa shape index (κ2) is 10.5. The predicted octanol–water partition coefficient (Wildman–Crippen LogP) is 3.44. The number of allylic oxidation sites excluding steroid dienone is 1. The van der Waals surface area contributed by atoms with Gasteiger partial charge in [-0.2, -0.15) is 0 Å². The molecule has 8 nitrogen and oxygen atoms in total. The normalized spacial score (nSPS) is 22.7. The number of ether oxygens (including phenoxy) is 4. The third-order valence-electron chi connectivity index (χ3n) is 6.89. The fraction of sp³-hybridized carbons (Fsp3) is 0.407. The molecule has 0 spiro atoms. The number of methoxy groups -OCH3 is 2. The smallest absolute Gasteiger partial charge is 0.407 e. The molecule has 0 heterocycles. The fourth-order valence-electron chi connectivity index (χ4n) is 5.19. The molecule has 35 heavy (non-hydrogen) atoms. The second-order valence-electron chi connectivity index (χ2n) is 8.90. The van der Waals surface area contributed by atoms with Gasteiger partial charge < -0.3 is 29.4 Å². The minimum absolute atomic E-state index is 0.0187. The number of benzene rings is 2. The Balaban J connectivity index is 1.62. The van der Waals surface area contributed by atoms with Gasteiger partial charge in [-0.1, -0.05) is 36.4 Å². The van der Waals surface area contributed by atoms with Crippen LogP contribution in [0.2, 0.25) is 0 Å². The van der Waals surface area contributed by atoms with Crippen LogP contribution < -0.4 is 14.8 Å². The molecule has 2 aliphatic carbocycles. The van der Waals surface area contributed by atoms with Crippen molar-refractivity contribution in [2.75, 3.05) is 27.6 Å². The lowest BCUT2D eigenvalue weighted by atomic mass is 9.54. The zero-order chi connectivity index (χ0) is 24.9. The molecule has 0 bridgehead atoms. The Morgan fingerprint density at radius 2 is 1.94 bits per heavy atom. The van der Waals surface area contributed by atoms with E-state index < -0.39 is 17.1 Å². The summed E-state index contributed by atoms with van der Waals surface area (Å²) in [5, 5.41) is 14.6. The average molecular weight is 482 g/mol. The Morgan fingerprint density at radius 1 is 1.14 bits per heavy atom. The number of carbonyl (C=O) groups excluding carboxylic acids is 2. The van der Waals surface area contributed by atoms with E-state index in [4.69, 9.17) is 18.9 Å². The zero-order valence-corrected chi connectivity index (χ0v) is 20.0. The Labute approximate surface area is 204 Å². The van der Waals surface area contributed by atoms with Crippen LogP contribution in [0.15, 0.2) is 54.6 Å². The molecule has 0 saturated heterocycles. The predicted molar refractivity (Wildman–Crippen MR) is 128 cm³/mol. The van der Waals surface area contributed by atoms with E-state index in [1.54, 1.807) is 13.2 Å². The molecular weight excluding hydrogens is 450 g/mol. The molecule has 2 aromatic carbocycles. The van der Waals surface area contributed by atoms with Crippen LogP contribution in [0.4, 0.5) is 4.79 Å². The number of hydrogen-bond donors (Lipinski definition) is 2. The van der Waals surface area contributed by atoms with E-state index in [1.807, 2.05) is 42.5 Å². The number of nitrogens with one attached hydrogen (secondary N) is 1. The molecule has 2 N–H and O–H groups in total. The highest BCUT2D eigenvalue weighted by Crippen LogP contribution is 2.56. The lowest BCUT2D eigenvalue weighted by molar-refractivity contribution is -0.121. The Bertz CT molecular complexity index is 1100. The third-order valence-corrected chi connectivity index (χ3v) is 6.89. The molecule has 0 unspecified atom stereocenters. The van der Waals surface area contributed by atoms with Crippen LogP contribution in [0.5, 0.6) is 11.5 Å². The molecule has 186 valence electrons. The maximum Gasteiger partial charge on any atom is 0.407 e. The van der Waals surface area contributed by atoms with Crippen LogP contribution in [-0.4, -0.2) is 50.1 Å². The molecule has 2 atom stereocenters. The molecule has 8 heteroatoms. The summed E-state index contributed by atoms with van der Waals surface area (Å²) in [6, 6.07) is 13.2. The molecule has 0 saturated carbocycles. The van der Waals surface area contributed by atoms with E-state index in [2.05, 4.69) is 5.32 Å². The maximum atomic E-state index is 12.7. The first-order valence-electron chi connectivity index (χ1n) is 11.6. The van der Waals surface area contributed by atoms with Crippen LogP contribution >= 0.6 is 0 Å². The maximum absolute atomic E-state index is 12.7. The van der Waals surface area contributed by atoms with E-state index in [-0.39, 0.29) is 32.1 Å². The van der Waals surface area contributed by atoms with E-state index in [0.29, 0.717) is 30.8 Å². The van der Waals surface area contributed by atoms with Gasteiger partial charge in [0.2, 0.25) is 0 Å². The SMILES string of the molecule is COCOc1c(OC)ccc2c1[C@@]1(CCNC(=O)OCc3ccccc3)CC(=O)C=C[C@@]1(O)CC2. The van der Waals surface area contributed by atoms with Crippen molar-refractivity contribution in [3.8, 4) is 11.5 Å². The van der Waals surface area contributed by atoms with Gasteiger partial charge in [-0.3, -0.25) is 4.79 Å². The summed E-state index contributed by atoms with van der Waals surface area (Å²) in [5.41, 5.74) is 0.265. The summed E-state index contributed by atoms with van der Waals surface area (Å²) in [4.78, 5) is 25.1. The largest absolute Gasteiger partial charge is 0.493 e. The van der Waals surface area contributed by atoms with E-state index in [9.17, 15) is 14.7 Å². The van der Waals surface area contributed by atoms with Crippen LogP contribution in [0, 0.1) is 0 Å². The van der Waals surface area contributed by atoms with Crippen LogP contribution in [-0.2, 0) is 32.7 Å². The van der Waals surface area contributed by atoms with Gasteiger partial charge in [-0.15, -0.1) is 0 Å². The van der Waals surface area contributed by atoms with Gasteiger partial charge >= 0.3 is 6.09 Å². The molecule has 0 radical (unpaired) electrons. The highest BCUT2D eigenvalue weighted by molar-refractivity contribution is 5.93. The summed E-state index contributed by atoms with van der Waals surface area (Å²) in [7, 11) is 3.06. The number of aliphatic hydroxyl groups is 1. The first-order chi connectivity index (χ1) is 16.9. The highest BCUT2D eigenvalue weighted by atomic mass is 16.7. The van der Waals surface area contributed by atoms with Crippen LogP contribution in [0.1, 0.15) is 36.0 Å². The minimum atomic E-state index is -1.29. The Morgan fingerprint density at radius 3 is 2.69 bits per heavy atom. The molecule has 0 aromatic heterocycles. The summed E-state index contributed by atoms with van der Waals surface area (Å²) in [6.07, 6.45) is 3.89. The number of rotatable bonds is 9. The Hall–Kier alpha value is -3.36. The van der Waals surface area contributed by atoms with Crippen molar-refractivity contribution >= 4 is 11.9 Å². The van der Waals surface area contributed by atoms with Gasteiger partial charge in [0.15, 0.2) is 24.1 Å². The van der Waals surface area contributed by atoms with Crippen LogP contribution in [0.3, 0.4) is 0 Å². The number of hydrogen-bond acceptors (Lipinski definition) is 7. The molecule has 2 aliphatic rings. The quantitative estimate of drug-likeness (QED) is 0.529. The second-order valence-corrected chi connectivity index (χ2v) is 8.90. The topological polar surface area (TPSA) is 103 Å². The lowest BCUT2D eigenvalue weighted by Crippen LogP contribution is -2.57. The van der Waals surface area contributed by atoms with Gasteiger partial charge in [0.1, 0.15) is 6.61 Å². The number of amides is 1. The number of alkyl carbamates (subject to hydrolysis) is 1. The molecule has 0 fully saturated rings. The van der Waals surface area contributed by atoms with Crippen LogP contribution in [0.25, 0.3) is 0 Å². The van der Waals surface area contributed by atoms with E-state index in [1.165, 1.54) is 13.2 Å². The van der Waals surface area contributed by atoms with Gasteiger partial charge in [0.25, 0.3) is 0 Å². The van der Waals surface area contributed by atoms with Crippen molar-refractivity contribution in [3.63, 3.8) is 0 Å².